The van der Waals surface area contributed by atoms with Gasteiger partial charge >= 0.3 is 0 Å². The predicted molar refractivity (Wildman–Crippen MR) is 75.2 cm³/mol. The molecule has 0 saturated heterocycles. The van der Waals surface area contributed by atoms with Crippen LogP contribution in [0.1, 0.15) is 4.88 Å². The number of anilines is 1. The minimum absolute atomic E-state index is 0.590. The fourth-order valence-electron chi connectivity index (χ4n) is 1.13. The molecular weight excluding hydrogens is 328 g/mol. The average Bonchev–Trinajstić information content (AvgIpc) is 2.63. The molecule has 0 amide bonds. The first kappa shape index (κ1) is 12.2. The molecule has 0 spiro atoms. The van der Waals surface area contributed by atoms with Gasteiger partial charge in [0.2, 0.25) is 0 Å². The molecule has 0 saturated carbocycles. The van der Waals surface area contributed by atoms with Crippen LogP contribution in [-0.4, -0.2) is 4.98 Å². The second kappa shape index (κ2) is 5.40. The number of hydrogen-bond donors (Lipinski definition) is 1. The summed E-state index contributed by atoms with van der Waals surface area (Å²) in [6, 6.07) is 5.81. The predicted octanol–water partition coefficient (Wildman–Crippen LogP) is 4.43. The van der Waals surface area contributed by atoms with Crippen LogP contribution in [-0.2, 0) is 5.75 Å². The van der Waals surface area contributed by atoms with Crippen molar-refractivity contribution in [1.82, 2.24) is 4.98 Å². The van der Waals surface area contributed by atoms with Crippen molar-refractivity contribution in [2.75, 3.05) is 5.73 Å². The number of hydrogen-bond acceptors (Lipinski definition) is 4. The molecule has 1 heterocycles. The maximum Gasteiger partial charge on any atom is 0.183 e. The van der Waals surface area contributed by atoms with Gasteiger partial charge in [0.25, 0.3) is 0 Å². The maximum atomic E-state index is 5.77. The fourth-order valence-corrected chi connectivity index (χ4v) is 3.79. The number of nitrogens with two attached hydrogens (primary N) is 1. The minimum Gasteiger partial charge on any atom is -0.399 e. The van der Waals surface area contributed by atoms with E-state index in [1.54, 1.807) is 11.8 Å². The lowest BCUT2D eigenvalue weighted by Crippen LogP contribution is -1.85. The molecule has 2 nitrogen and oxygen atoms in total. The highest BCUT2D eigenvalue weighted by molar-refractivity contribution is 9.10. The van der Waals surface area contributed by atoms with Crippen LogP contribution in [0, 0.1) is 0 Å². The van der Waals surface area contributed by atoms with Crippen molar-refractivity contribution in [2.45, 2.75) is 10.6 Å². The Morgan fingerprint density at radius 3 is 2.94 bits per heavy atom. The molecule has 0 bridgehead atoms. The van der Waals surface area contributed by atoms with Crippen molar-refractivity contribution in [2.24, 2.45) is 0 Å². The van der Waals surface area contributed by atoms with Crippen LogP contribution in [0.5, 0.6) is 0 Å². The molecule has 0 fully saturated rings. The molecule has 84 valence electrons. The Kier molecular flexibility index (Phi) is 4.13. The summed E-state index contributed by atoms with van der Waals surface area (Å²) in [7, 11) is 0. The number of rotatable bonds is 3. The summed E-state index contributed by atoms with van der Waals surface area (Å²) in [6.45, 7) is 0. The Bertz CT molecular complexity index is 501. The highest BCUT2D eigenvalue weighted by atomic mass is 79.9. The summed E-state index contributed by atoms with van der Waals surface area (Å²) >= 11 is 12.5. The molecule has 0 aliphatic carbocycles. The van der Waals surface area contributed by atoms with Gasteiger partial charge < -0.3 is 5.73 Å². The van der Waals surface area contributed by atoms with Crippen LogP contribution >= 0.6 is 50.6 Å². The fraction of sp³-hybridized carbons (Fsp3) is 0.100. The zero-order chi connectivity index (χ0) is 11.5. The van der Waals surface area contributed by atoms with Gasteiger partial charge in [0.05, 0.1) is 0 Å². The zero-order valence-corrected chi connectivity index (χ0v) is 12.1. The standard InChI is InChI=1S/C10H8BrClN2S2/c11-8-3-6(13)1-2-9(8)15-5-7-4-14-10(12)16-7/h1-4H,5,13H2. The lowest BCUT2D eigenvalue weighted by molar-refractivity contribution is 1.35. The molecule has 6 heteroatoms. The SMILES string of the molecule is Nc1ccc(SCc2cnc(Cl)s2)c(Br)c1. The number of thioether (sulfide) groups is 1. The average molecular weight is 336 g/mol. The van der Waals surface area contributed by atoms with Crippen molar-refractivity contribution >= 4 is 56.3 Å². The molecule has 2 aromatic rings. The Morgan fingerprint density at radius 2 is 2.31 bits per heavy atom. The van der Waals surface area contributed by atoms with Crippen LogP contribution in [0.4, 0.5) is 5.69 Å². The van der Waals surface area contributed by atoms with E-state index in [1.165, 1.54) is 21.1 Å². The summed E-state index contributed by atoms with van der Waals surface area (Å²) in [4.78, 5) is 6.34. The molecular formula is C10H8BrClN2S2. The Labute approximate surface area is 115 Å². The third-order valence-electron chi connectivity index (χ3n) is 1.85. The van der Waals surface area contributed by atoms with E-state index >= 15 is 0 Å². The first-order valence-corrected chi connectivity index (χ1v) is 7.40. The number of halogens is 2. The summed E-state index contributed by atoms with van der Waals surface area (Å²) < 4.78 is 1.61. The van der Waals surface area contributed by atoms with Crippen LogP contribution in [0.3, 0.4) is 0 Å². The van der Waals surface area contributed by atoms with Crippen LogP contribution < -0.4 is 5.73 Å². The van der Waals surface area contributed by atoms with Gasteiger partial charge in [-0.3, -0.25) is 0 Å². The molecule has 16 heavy (non-hydrogen) atoms. The van der Waals surface area contributed by atoms with E-state index in [4.69, 9.17) is 17.3 Å². The van der Waals surface area contributed by atoms with Gasteiger partial charge in [0, 0.05) is 31.9 Å². The van der Waals surface area contributed by atoms with Gasteiger partial charge in [0.15, 0.2) is 4.47 Å². The first-order valence-electron chi connectivity index (χ1n) is 4.43. The molecule has 1 aromatic heterocycles. The van der Waals surface area contributed by atoms with Gasteiger partial charge in [-0.15, -0.1) is 23.1 Å². The zero-order valence-electron chi connectivity index (χ0n) is 8.11. The first-order chi connectivity index (χ1) is 7.65. The van der Waals surface area contributed by atoms with E-state index < -0.39 is 0 Å². The Hall–Kier alpha value is -0.230. The number of aromatic nitrogens is 1. The van der Waals surface area contributed by atoms with E-state index in [2.05, 4.69) is 20.9 Å². The van der Waals surface area contributed by atoms with Gasteiger partial charge in [-0.05, 0) is 34.1 Å². The third kappa shape index (κ3) is 3.13. The third-order valence-corrected chi connectivity index (χ3v) is 5.19. The van der Waals surface area contributed by atoms with E-state index in [9.17, 15) is 0 Å². The second-order valence-electron chi connectivity index (χ2n) is 3.06. The maximum absolute atomic E-state index is 5.77. The molecule has 0 unspecified atom stereocenters. The summed E-state index contributed by atoms with van der Waals surface area (Å²) in [6.07, 6.45) is 1.81. The van der Waals surface area contributed by atoms with Crippen molar-refractivity contribution in [1.29, 1.82) is 0 Å². The highest BCUT2D eigenvalue weighted by Gasteiger charge is 2.04. The van der Waals surface area contributed by atoms with E-state index in [1.807, 2.05) is 24.4 Å². The van der Waals surface area contributed by atoms with Gasteiger partial charge in [-0.25, -0.2) is 4.98 Å². The van der Waals surface area contributed by atoms with Crippen molar-refractivity contribution in [3.63, 3.8) is 0 Å². The van der Waals surface area contributed by atoms with E-state index in [0.717, 1.165) is 15.9 Å². The van der Waals surface area contributed by atoms with Crippen molar-refractivity contribution < 1.29 is 0 Å². The Morgan fingerprint density at radius 1 is 1.50 bits per heavy atom. The largest absolute Gasteiger partial charge is 0.399 e. The lowest BCUT2D eigenvalue weighted by atomic mass is 10.3. The van der Waals surface area contributed by atoms with Crippen molar-refractivity contribution in [3.05, 3.63) is 38.2 Å². The van der Waals surface area contributed by atoms with Crippen molar-refractivity contribution in [3.8, 4) is 0 Å². The second-order valence-corrected chi connectivity index (χ2v) is 6.63. The number of nitrogens with zero attached hydrogens (tertiary/aromatic N) is 1. The van der Waals surface area contributed by atoms with E-state index in [-0.39, 0.29) is 0 Å². The highest BCUT2D eigenvalue weighted by Crippen LogP contribution is 2.33. The van der Waals surface area contributed by atoms with Gasteiger partial charge in [0.1, 0.15) is 0 Å². The normalized spacial score (nSPS) is 10.6. The van der Waals surface area contributed by atoms with E-state index in [0.29, 0.717) is 4.47 Å². The molecule has 2 rings (SSSR count). The molecule has 2 N–H and O–H groups in total. The smallest absolute Gasteiger partial charge is 0.183 e. The number of nitrogen functional groups attached to an aromatic ring is 1. The van der Waals surface area contributed by atoms with Gasteiger partial charge in [-0.2, -0.15) is 0 Å². The van der Waals surface area contributed by atoms with Gasteiger partial charge in [-0.1, -0.05) is 11.6 Å². The van der Waals surface area contributed by atoms with Crippen LogP contribution in [0.25, 0.3) is 0 Å². The molecule has 0 atom stereocenters. The number of benzene rings is 1. The monoisotopic (exact) mass is 334 g/mol. The Balaban J connectivity index is 2.04. The summed E-state index contributed by atoms with van der Waals surface area (Å²) in [5.74, 6) is 0.868. The molecule has 0 radical (unpaired) electrons. The summed E-state index contributed by atoms with van der Waals surface area (Å²) in [5, 5.41) is 0. The topological polar surface area (TPSA) is 38.9 Å². The molecule has 1 aromatic carbocycles. The minimum atomic E-state index is 0.590. The quantitative estimate of drug-likeness (QED) is 0.666. The summed E-state index contributed by atoms with van der Waals surface area (Å²) in [5.41, 5.74) is 6.43. The lowest BCUT2D eigenvalue weighted by Gasteiger charge is -2.03. The molecule has 0 aliphatic rings. The van der Waals surface area contributed by atoms with Crippen LogP contribution in [0.2, 0.25) is 4.47 Å². The molecule has 0 aliphatic heterocycles. The number of thiazole rings is 1. The van der Waals surface area contributed by atoms with Crippen LogP contribution in [0.15, 0.2) is 33.8 Å².